The first kappa shape index (κ1) is 13.9. The van der Waals surface area contributed by atoms with E-state index in [4.69, 9.17) is 0 Å². The lowest BCUT2D eigenvalue weighted by molar-refractivity contribution is 0.0884. The van der Waals surface area contributed by atoms with Crippen LogP contribution in [0.4, 0.5) is 5.82 Å². The highest BCUT2D eigenvalue weighted by Crippen LogP contribution is 2.17. The number of anilines is 1. The maximum Gasteiger partial charge on any atom is 0.133 e. The van der Waals surface area contributed by atoms with Gasteiger partial charge in [0, 0.05) is 31.3 Å². The third-order valence-corrected chi connectivity index (χ3v) is 2.39. The minimum absolute atomic E-state index is 0.309. The van der Waals surface area contributed by atoms with Gasteiger partial charge in [0.1, 0.15) is 11.6 Å². The summed E-state index contributed by atoms with van der Waals surface area (Å²) < 4.78 is 0. The molecule has 96 valence electrons. The predicted octanol–water partition coefficient (Wildman–Crippen LogP) is 2.12. The van der Waals surface area contributed by atoms with Gasteiger partial charge in [0.05, 0.1) is 5.60 Å². The standard InChI is InChI=1S/C13H23N3O/c1-9(2)12-14-10(3)7-11(15-12)16(6)8-13(4,5)17/h7,9,17H,8H2,1-6H3. The van der Waals surface area contributed by atoms with Gasteiger partial charge in [-0.05, 0) is 20.8 Å². The van der Waals surface area contributed by atoms with Crippen molar-refractivity contribution in [2.45, 2.75) is 46.1 Å². The Hall–Kier alpha value is -1.16. The fraction of sp³-hybridized carbons (Fsp3) is 0.692. The molecule has 4 nitrogen and oxygen atoms in total. The number of aromatic nitrogens is 2. The molecule has 0 aliphatic carbocycles. The summed E-state index contributed by atoms with van der Waals surface area (Å²) in [6.45, 7) is 10.3. The van der Waals surface area contributed by atoms with Crippen LogP contribution in [0.1, 0.15) is 45.1 Å². The lowest BCUT2D eigenvalue weighted by Gasteiger charge is -2.27. The molecule has 1 rings (SSSR count). The van der Waals surface area contributed by atoms with Gasteiger partial charge in [-0.15, -0.1) is 0 Å². The van der Waals surface area contributed by atoms with Crippen LogP contribution in [0, 0.1) is 6.92 Å². The second kappa shape index (κ2) is 5.00. The maximum absolute atomic E-state index is 9.81. The van der Waals surface area contributed by atoms with E-state index < -0.39 is 5.60 Å². The summed E-state index contributed by atoms with van der Waals surface area (Å²) in [5, 5.41) is 9.81. The van der Waals surface area contributed by atoms with Crippen LogP contribution in [-0.2, 0) is 0 Å². The lowest BCUT2D eigenvalue weighted by atomic mass is 10.1. The number of likely N-dealkylation sites (N-methyl/N-ethyl adjacent to an activating group) is 1. The number of nitrogens with zero attached hydrogens (tertiary/aromatic N) is 3. The van der Waals surface area contributed by atoms with Crippen molar-refractivity contribution < 1.29 is 5.11 Å². The second-order valence-electron chi connectivity index (χ2n) is 5.55. The van der Waals surface area contributed by atoms with E-state index in [-0.39, 0.29) is 0 Å². The van der Waals surface area contributed by atoms with E-state index in [0.29, 0.717) is 12.5 Å². The van der Waals surface area contributed by atoms with Gasteiger partial charge in [-0.2, -0.15) is 0 Å². The largest absolute Gasteiger partial charge is 0.389 e. The zero-order valence-corrected chi connectivity index (χ0v) is 11.7. The summed E-state index contributed by atoms with van der Waals surface area (Å²) in [6, 6.07) is 1.94. The smallest absolute Gasteiger partial charge is 0.133 e. The van der Waals surface area contributed by atoms with Crippen molar-refractivity contribution in [2.75, 3.05) is 18.5 Å². The van der Waals surface area contributed by atoms with Crippen LogP contribution in [-0.4, -0.2) is 34.3 Å². The minimum Gasteiger partial charge on any atom is -0.389 e. The van der Waals surface area contributed by atoms with Crippen LogP contribution >= 0.6 is 0 Å². The summed E-state index contributed by atoms with van der Waals surface area (Å²) in [4.78, 5) is 10.9. The third-order valence-electron chi connectivity index (χ3n) is 2.39. The number of hydrogen-bond acceptors (Lipinski definition) is 4. The highest BCUT2D eigenvalue weighted by Gasteiger charge is 2.17. The summed E-state index contributed by atoms with van der Waals surface area (Å²) in [5.74, 6) is 2.02. The molecule has 1 aromatic heterocycles. The van der Waals surface area contributed by atoms with Crippen molar-refractivity contribution in [1.29, 1.82) is 0 Å². The topological polar surface area (TPSA) is 49.2 Å². The van der Waals surface area contributed by atoms with Gasteiger partial charge < -0.3 is 10.0 Å². The Kier molecular flexibility index (Phi) is 4.09. The van der Waals surface area contributed by atoms with E-state index in [2.05, 4.69) is 23.8 Å². The van der Waals surface area contributed by atoms with Gasteiger partial charge in [0.15, 0.2) is 0 Å². The molecular formula is C13H23N3O. The van der Waals surface area contributed by atoms with Crippen molar-refractivity contribution >= 4 is 5.82 Å². The Balaban J connectivity index is 2.97. The Bertz CT molecular complexity index is 383. The van der Waals surface area contributed by atoms with Crippen LogP contribution < -0.4 is 4.90 Å². The van der Waals surface area contributed by atoms with Crippen molar-refractivity contribution in [2.24, 2.45) is 0 Å². The van der Waals surface area contributed by atoms with Crippen LogP contribution in [0.25, 0.3) is 0 Å². The zero-order chi connectivity index (χ0) is 13.2. The van der Waals surface area contributed by atoms with E-state index in [9.17, 15) is 5.11 Å². The maximum atomic E-state index is 9.81. The Morgan fingerprint density at radius 2 is 1.94 bits per heavy atom. The monoisotopic (exact) mass is 237 g/mol. The van der Waals surface area contributed by atoms with E-state index in [1.165, 1.54) is 0 Å². The van der Waals surface area contributed by atoms with Gasteiger partial charge in [-0.1, -0.05) is 13.8 Å². The zero-order valence-electron chi connectivity index (χ0n) is 11.7. The molecule has 0 saturated carbocycles. The molecule has 0 aromatic carbocycles. The molecule has 0 spiro atoms. The molecule has 0 aliphatic heterocycles. The highest BCUT2D eigenvalue weighted by atomic mass is 16.3. The van der Waals surface area contributed by atoms with Crippen LogP contribution in [0.5, 0.6) is 0 Å². The average Bonchev–Trinajstić information content (AvgIpc) is 2.13. The highest BCUT2D eigenvalue weighted by molar-refractivity contribution is 5.39. The number of aliphatic hydroxyl groups is 1. The lowest BCUT2D eigenvalue weighted by Crippen LogP contribution is -2.36. The molecule has 1 heterocycles. The number of aryl methyl sites for hydroxylation is 1. The van der Waals surface area contributed by atoms with Gasteiger partial charge in [0.2, 0.25) is 0 Å². The molecule has 1 N–H and O–H groups in total. The SMILES string of the molecule is Cc1cc(N(C)CC(C)(C)O)nc(C(C)C)n1. The van der Waals surface area contributed by atoms with E-state index in [0.717, 1.165) is 17.3 Å². The van der Waals surface area contributed by atoms with Crippen molar-refractivity contribution in [3.8, 4) is 0 Å². The number of hydrogen-bond donors (Lipinski definition) is 1. The number of rotatable bonds is 4. The summed E-state index contributed by atoms with van der Waals surface area (Å²) >= 11 is 0. The van der Waals surface area contributed by atoms with Gasteiger partial charge in [-0.25, -0.2) is 9.97 Å². The molecular weight excluding hydrogens is 214 g/mol. The fourth-order valence-electron chi connectivity index (χ4n) is 1.69. The van der Waals surface area contributed by atoms with E-state index in [1.54, 1.807) is 13.8 Å². The van der Waals surface area contributed by atoms with Crippen LogP contribution in [0.3, 0.4) is 0 Å². The van der Waals surface area contributed by atoms with Gasteiger partial charge >= 0.3 is 0 Å². The normalized spacial score (nSPS) is 12.0. The first-order valence-corrected chi connectivity index (χ1v) is 5.98. The third kappa shape index (κ3) is 4.30. The molecule has 0 unspecified atom stereocenters. The van der Waals surface area contributed by atoms with Crippen molar-refractivity contribution in [1.82, 2.24) is 9.97 Å². The van der Waals surface area contributed by atoms with Crippen LogP contribution in [0.15, 0.2) is 6.07 Å². The predicted molar refractivity (Wildman–Crippen MR) is 70.4 cm³/mol. The quantitative estimate of drug-likeness (QED) is 0.871. The van der Waals surface area contributed by atoms with Crippen molar-refractivity contribution in [3.05, 3.63) is 17.6 Å². The average molecular weight is 237 g/mol. The molecule has 0 bridgehead atoms. The molecule has 17 heavy (non-hydrogen) atoms. The first-order valence-electron chi connectivity index (χ1n) is 5.98. The van der Waals surface area contributed by atoms with E-state index >= 15 is 0 Å². The molecule has 0 radical (unpaired) electrons. The fourth-order valence-corrected chi connectivity index (χ4v) is 1.69. The minimum atomic E-state index is -0.731. The summed E-state index contributed by atoms with van der Waals surface area (Å²) in [7, 11) is 1.93. The molecule has 0 fully saturated rings. The Morgan fingerprint density at radius 1 is 1.35 bits per heavy atom. The molecule has 0 aliphatic rings. The Morgan fingerprint density at radius 3 is 2.41 bits per heavy atom. The molecule has 4 heteroatoms. The molecule has 1 aromatic rings. The Labute approximate surface area is 104 Å². The molecule has 0 atom stereocenters. The van der Waals surface area contributed by atoms with E-state index in [1.807, 2.05) is 24.9 Å². The van der Waals surface area contributed by atoms with Gasteiger partial charge in [-0.3, -0.25) is 0 Å². The van der Waals surface area contributed by atoms with Crippen LogP contribution in [0.2, 0.25) is 0 Å². The molecule has 0 amide bonds. The second-order valence-corrected chi connectivity index (χ2v) is 5.55. The first-order chi connectivity index (χ1) is 7.69. The van der Waals surface area contributed by atoms with Gasteiger partial charge in [0.25, 0.3) is 0 Å². The summed E-state index contributed by atoms with van der Waals surface area (Å²) in [5.41, 5.74) is 0.229. The van der Waals surface area contributed by atoms with Crippen molar-refractivity contribution in [3.63, 3.8) is 0 Å². The summed E-state index contributed by atoms with van der Waals surface area (Å²) in [6.07, 6.45) is 0. The molecule has 0 saturated heterocycles.